The van der Waals surface area contributed by atoms with Gasteiger partial charge >= 0.3 is 5.97 Å². The zero-order valence-corrected chi connectivity index (χ0v) is 11.0. The Morgan fingerprint density at radius 2 is 2.11 bits per heavy atom. The van der Waals surface area contributed by atoms with Gasteiger partial charge in [0.25, 0.3) is 0 Å². The molecule has 0 amide bonds. The summed E-state index contributed by atoms with van der Waals surface area (Å²) in [5.41, 5.74) is 6.30. The standard InChI is InChI=1S/C13H19ClN2O2/c14-11-6-2-1-5-10(11)9-16-12(13(17)18)7-3-4-8-15/h1-2,5-6,12,16H,3-4,7-9,15H2,(H,17,18)/t12-/m0/s1. The molecule has 4 nitrogen and oxygen atoms in total. The van der Waals surface area contributed by atoms with Gasteiger partial charge in [0, 0.05) is 11.6 Å². The lowest BCUT2D eigenvalue weighted by molar-refractivity contribution is -0.139. The number of hydrogen-bond acceptors (Lipinski definition) is 3. The molecule has 0 saturated heterocycles. The minimum Gasteiger partial charge on any atom is -0.480 e. The number of nitrogens with one attached hydrogen (secondary N) is 1. The summed E-state index contributed by atoms with van der Waals surface area (Å²) in [6.07, 6.45) is 2.23. The zero-order chi connectivity index (χ0) is 13.4. The summed E-state index contributed by atoms with van der Waals surface area (Å²) >= 11 is 6.01. The number of aliphatic carboxylic acids is 1. The van der Waals surface area contributed by atoms with Crippen molar-refractivity contribution < 1.29 is 9.90 Å². The van der Waals surface area contributed by atoms with E-state index in [2.05, 4.69) is 5.32 Å². The second-order valence-corrected chi connectivity index (χ2v) is 4.55. The fourth-order valence-corrected chi connectivity index (χ4v) is 1.88. The number of carboxylic acid groups (broad SMARTS) is 1. The van der Waals surface area contributed by atoms with Crippen LogP contribution in [0, 0.1) is 0 Å². The number of unbranched alkanes of at least 4 members (excludes halogenated alkanes) is 1. The lowest BCUT2D eigenvalue weighted by Crippen LogP contribution is -2.36. The van der Waals surface area contributed by atoms with Gasteiger partial charge in [-0.15, -0.1) is 0 Å². The van der Waals surface area contributed by atoms with Crippen molar-refractivity contribution in [2.24, 2.45) is 5.73 Å². The maximum Gasteiger partial charge on any atom is 0.320 e. The van der Waals surface area contributed by atoms with Crippen molar-refractivity contribution >= 4 is 17.6 Å². The largest absolute Gasteiger partial charge is 0.480 e. The molecule has 4 N–H and O–H groups in total. The number of hydrogen-bond donors (Lipinski definition) is 3. The predicted octanol–water partition coefficient (Wildman–Crippen LogP) is 2.01. The SMILES string of the molecule is NCCCC[C@H](NCc1ccccc1Cl)C(=O)O. The first-order chi connectivity index (χ1) is 8.65. The van der Waals surface area contributed by atoms with E-state index in [9.17, 15) is 4.79 Å². The van der Waals surface area contributed by atoms with Gasteiger partial charge in [0.15, 0.2) is 0 Å². The third-order valence-corrected chi connectivity index (χ3v) is 3.11. The predicted molar refractivity (Wildman–Crippen MR) is 72.6 cm³/mol. The lowest BCUT2D eigenvalue weighted by atomic mass is 10.1. The monoisotopic (exact) mass is 270 g/mol. The van der Waals surface area contributed by atoms with Crippen LogP contribution in [0.2, 0.25) is 5.02 Å². The van der Waals surface area contributed by atoms with Crippen LogP contribution in [0.3, 0.4) is 0 Å². The highest BCUT2D eigenvalue weighted by atomic mass is 35.5. The molecule has 0 spiro atoms. The lowest BCUT2D eigenvalue weighted by Gasteiger charge is -2.14. The minimum absolute atomic E-state index is 0.458. The smallest absolute Gasteiger partial charge is 0.320 e. The molecular weight excluding hydrogens is 252 g/mol. The van der Waals surface area contributed by atoms with Crippen molar-refractivity contribution in [3.05, 3.63) is 34.9 Å². The molecule has 1 aromatic rings. The number of carbonyl (C=O) groups is 1. The first kappa shape index (κ1) is 15.0. The summed E-state index contributed by atoms with van der Waals surface area (Å²) < 4.78 is 0. The molecule has 0 aromatic heterocycles. The summed E-state index contributed by atoms with van der Waals surface area (Å²) in [4.78, 5) is 11.1. The Labute approximate surface area is 112 Å². The van der Waals surface area contributed by atoms with E-state index in [0.717, 1.165) is 18.4 Å². The molecule has 0 radical (unpaired) electrons. The Morgan fingerprint density at radius 3 is 2.72 bits per heavy atom. The quantitative estimate of drug-likeness (QED) is 0.632. The number of carboxylic acids is 1. The van der Waals surface area contributed by atoms with Crippen LogP contribution in [0.25, 0.3) is 0 Å². The second kappa shape index (κ2) is 8.08. The molecule has 0 unspecified atom stereocenters. The molecule has 5 heteroatoms. The van der Waals surface area contributed by atoms with Crippen LogP contribution in [0.5, 0.6) is 0 Å². The van der Waals surface area contributed by atoms with E-state index < -0.39 is 12.0 Å². The van der Waals surface area contributed by atoms with Crippen molar-refractivity contribution in [1.29, 1.82) is 0 Å². The van der Waals surface area contributed by atoms with E-state index >= 15 is 0 Å². The van der Waals surface area contributed by atoms with Crippen LogP contribution in [0.1, 0.15) is 24.8 Å². The first-order valence-corrected chi connectivity index (χ1v) is 6.42. The van der Waals surface area contributed by atoms with Crippen LogP contribution >= 0.6 is 11.6 Å². The van der Waals surface area contributed by atoms with Crippen LogP contribution in [0.4, 0.5) is 0 Å². The highest BCUT2D eigenvalue weighted by molar-refractivity contribution is 6.31. The van der Waals surface area contributed by atoms with E-state index in [1.165, 1.54) is 0 Å². The van der Waals surface area contributed by atoms with Gasteiger partial charge in [-0.05, 0) is 31.0 Å². The molecule has 1 aromatic carbocycles. The molecule has 0 aliphatic rings. The molecule has 1 rings (SSSR count). The van der Waals surface area contributed by atoms with Gasteiger partial charge in [-0.1, -0.05) is 36.2 Å². The average Bonchev–Trinajstić information content (AvgIpc) is 2.35. The summed E-state index contributed by atoms with van der Waals surface area (Å²) in [7, 11) is 0. The third kappa shape index (κ3) is 5.04. The normalized spacial score (nSPS) is 12.3. The molecule has 0 fully saturated rings. The zero-order valence-electron chi connectivity index (χ0n) is 10.2. The Morgan fingerprint density at radius 1 is 1.39 bits per heavy atom. The van der Waals surface area contributed by atoms with Crippen LogP contribution in [-0.4, -0.2) is 23.7 Å². The molecule has 18 heavy (non-hydrogen) atoms. The molecule has 0 heterocycles. The highest BCUT2D eigenvalue weighted by Gasteiger charge is 2.16. The van der Waals surface area contributed by atoms with Gasteiger partial charge in [0.1, 0.15) is 6.04 Å². The van der Waals surface area contributed by atoms with Gasteiger partial charge in [-0.3, -0.25) is 4.79 Å². The van der Waals surface area contributed by atoms with E-state index in [1.807, 2.05) is 18.2 Å². The van der Waals surface area contributed by atoms with Gasteiger partial charge < -0.3 is 16.2 Å². The third-order valence-electron chi connectivity index (χ3n) is 2.74. The van der Waals surface area contributed by atoms with Gasteiger partial charge in [-0.2, -0.15) is 0 Å². The Hall–Kier alpha value is -1.10. The summed E-state index contributed by atoms with van der Waals surface area (Å²) in [5.74, 6) is -0.834. The number of nitrogens with two attached hydrogens (primary N) is 1. The number of rotatable bonds is 8. The molecule has 0 saturated carbocycles. The average molecular weight is 271 g/mol. The van der Waals surface area contributed by atoms with Crippen molar-refractivity contribution in [2.45, 2.75) is 31.8 Å². The molecule has 100 valence electrons. The van der Waals surface area contributed by atoms with Gasteiger partial charge in [0.2, 0.25) is 0 Å². The first-order valence-electron chi connectivity index (χ1n) is 6.05. The maximum atomic E-state index is 11.1. The molecule has 0 aliphatic heterocycles. The van der Waals surface area contributed by atoms with E-state index in [4.69, 9.17) is 22.4 Å². The molecule has 1 atom stereocenters. The van der Waals surface area contributed by atoms with E-state index in [1.54, 1.807) is 6.07 Å². The summed E-state index contributed by atoms with van der Waals surface area (Å²) in [6.45, 7) is 1.05. The fourth-order valence-electron chi connectivity index (χ4n) is 1.68. The Kier molecular flexibility index (Phi) is 6.72. The fraction of sp³-hybridized carbons (Fsp3) is 0.462. The van der Waals surface area contributed by atoms with Gasteiger partial charge in [0.05, 0.1) is 0 Å². The number of benzene rings is 1. The minimum atomic E-state index is -0.834. The van der Waals surface area contributed by atoms with E-state index in [0.29, 0.717) is 24.5 Å². The van der Waals surface area contributed by atoms with Crippen LogP contribution in [-0.2, 0) is 11.3 Å². The molecule has 0 bridgehead atoms. The van der Waals surface area contributed by atoms with E-state index in [-0.39, 0.29) is 0 Å². The van der Waals surface area contributed by atoms with Crippen LogP contribution in [0.15, 0.2) is 24.3 Å². The van der Waals surface area contributed by atoms with Crippen molar-refractivity contribution in [3.63, 3.8) is 0 Å². The Bertz CT molecular complexity index is 385. The van der Waals surface area contributed by atoms with Crippen molar-refractivity contribution in [3.8, 4) is 0 Å². The molecular formula is C13H19ClN2O2. The summed E-state index contributed by atoms with van der Waals surface area (Å²) in [5, 5.41) is 12.8. The maximum absolute atomic E-state index is 11.1. The second-order valence-electron chi connectivity index (χ2n) is 4.15. The van der Waals surface area contributed by atoms with Gasteiger partial charge in [-0.25, -0.2) is 0 Å². The number of halogens is 1. The van der Waals surface area contributed by atoms with Crippen molar-refractivity contribution in [2.75, 3.05) is 6.54 Å². The highest BCUT2D eigenvalue weighted by Crippen LogP contribution is 2.15. The topological polar surface area (TPSA) is 75.3 Å². The van der Waals surface area contributed by atoms with Crippen LogP contribution < -0.4 is 11.1 Å². The Balaban J connectivity index is 2.47. The molecule has 0 aliphatic carbocycles. The summed E-state index contributed by atoms with van der Waals surface area (Å²) in [6, 6.07) is 6.86. The van der Waals surface area contributed by atoms with Crippen molar-refractivity contribution in [1.82, 2.24) is 5.32 Å².